The van der Waals surface area contributed by atoms with Gasteiger partial charge in [0.15, 0.2) is 0 Å². The van der Waals surface area contributed by atoms with Crippen LogP contribution in [0.25, 0.3) is 0 Å². The number of carbonyl (C=O) groups excluding carboxylic acids is 1. The maximum absolute atomic E-state index is 12.3. The Balaban J connectivity index is 2.02. The third-order valence-corrected chi connectivity index (χ3v) is 4.13. The molecule has 0 atom stereocenters. The Morgan fingerprint density at radius 3 is 2.27 bits per heavy atom. The fraction of sp³-hybridized carbons (Fsp3) is 0.409. The quantitative estimate of drug-likeness (QED) is 0.428. The van der Waals surface area contributed by atoms with Crippen molar-refractivity contribution in [3.05, 3.63) is 63.6 Å². The molecule has 0 fully saturated rings. The molecule has 0 aliphatic heterocycles. The summed E-state index contributed by atoms with van der Waals surface area (Å²) in [4.78, 5) is 12.1. The van der Waals surface area contributed by atoms with Crippen molar-refractivity contribution in [3.63, 3.8) is 0 Å². The minimum Gasteiger partial charge on any atom is -0.489 e. The summed E-state index contributed by atoms with van der Waals surface area (Å²) in [7, 11) is 0. The Morgan fingerprint density at radius 2 is 1.63 bits per heavy atom. The minimum atomic E-state index is -4.37. The highest BCUT2D eigenvalue weighted by atomic mass is 79.9. The molecular formula is C22H24BrF3O4. The molecule has 8 heteroatoms. The molecule has 164 valence electrons. The van der Waals surface area contributed by atoms with Crippen LogP contribution in [-0.2, 0) is 33.9 Å². The summed E-state index contributed by atoms with van der Waals surface area (Å²) < 4.78 is 53.4. The smallest absolute Gasteiger partial charge is 0.411 e. The van der Waals surface area contributed by atoms with Gasteiger partial charge in [0.2, 0.25) is 0 Å². The van der Waals surface area contributed by atoms with Gasteiger partial charge in [0.05, 0.1) is 13.0 Å². The van der Waals surface area contributed by atoms with E-state index in [1.807, 2.05) is 12.1 Å². The van der Waals surface area contributed by atoms with Crippen LogP contribution in [0.4, 0.5) is 13.2 Å². The van der Waals surface area contributed by atoms with Crippen LogP contribution in [0.2, 0.25) is 0 Å². The standard InChI is InChI=1S/C22H24BrF3O4/c1-21(2,3)30-20(27)11-17-6-4-5-7-19(17)29-13-16-8-15(9-18(23)10-16)12-28-14-22(24,25)26/h4-10H,11-14H2,1-3H3. The molecule has 4 nitrogen and oxygen atoms in total. The Morgan fingerprint density at radius 1 is 1.00 bits per heavy atom. The first-order valence-corrected chi connectivity index (χ1v) is 10.1. The summed E-state index contributed by atoms with van der Waals surface area (Å²) in [6.07, 6.45) is -4.29. The summed E-state index contributed by atoms with van der Waals surface area (Å²) in [6.45, 7) is 4.12. The van der Waals surface area contributed by atoms with Crippen LogP contribution in [0.1, 0.15) is 37.5 Å². The molecule has 2 rings (SSSR count). The highest BCUT2D eigenvalue weighted by Gasteiger charge is 2.27. The number of alkyl halides is 3. The number of benzene rings is 2. The SMILES string of the molecule is CC(C)(C)OC(=O)Cc1ccccc1OCc1cc(Br)cc(COCC(F)(F)F)c1. The average Bonchev–Trinajstić information content (AvgIpc) is 2.58. The van der Waals surface area contributed by atoms with Crippen molar-refractivity contribution in [2.24, 2.45) is 0 Å². The summed E-state index contributed by atoms with van der Waals surface area (Å²) >= 11 is 3.35. The lowest BCUT2D eigenvalue weighted by Crippen LogP contribution is -2.25. The molecule has 30 heavy (non-hydrogen) atoms. The van der Waals surface area contributed by atoms with Crippen molar-refractivity contribution in [3.8, 4) is 5.75 Å². The molecule has 0 N–H and O–H groups in total. The number of halogens is 4. The third-order valence-electron chi connectivity index (χ3n) is 3.67. The van der Waals surface area contributed by atoms with E-state index < -0.39 is 18.4 Å². The van der Waals surface area contributed by atoms with Gasteiger partial charge in [-0.15, -0.1) is 0 Å². The lowest BCUT2D eigenvalue weighted by atomic mass is 10.1. The van der Waals surface area contributed by atoms with Gasteiger partial charge in [0.25, 0.3) is 0 Å². The molecule has 0 amide bonds. The zero-order valence-electron chi connectivity index (χ0n) is 17.0. The number of carbonyl (C=O) groups is 1. The van der Waals surface area contributed by atoms with Crippen LogP contribution in [-0.4, -0.2) is 24.4 Å². The Hall–Kier alpha value is -2.06. The summed E-state index contributed by atoms with van der Waals surface area (Å²) in [6, 6.07) is 12.4. The van der Waals surface area contributed by atoms with Crippen molar-refractivity contribution in [1.82, 2.24) is 0 Å². The van der Waals surface area contributed by atoms with Crippen LogP contribution in [0.15, 0.2) is 46.9 Å². The number of esters is 1. The topological polar surface area (TPSA) is 44.8 Å². The molecule has 0 aromatic heterocycles. The van der Waals surface area contributed by atoms with E-state index in [-0.39, 0.29) is 25.6 Å². The van der Waals surface area contributed by atoms with E-state index in [1.54, 1.807) is 51.1 Å². The molecule has 0 saturated carbocycles. The van der Waals surface area contributed by atoms with Gasteiger partial charge >= 0.3 is 12.1 Å². The molecule has 0 radical (unpaired) electrons. The Kier molecular flexibility index (Phi) is 8.32. The van der Waals surface area contributed by atoms with Gasteiger partial charge in [0.1, 0.15) is 24.6 Å². The zero-order valence-corrected chi connectivity index (χ0v) is 18.6. The number of hydrogen-bond donors (Lipinski definition) is 0. The largest absolute Gasteiger partial charge is 0.489 e. The molecule has 0 heterocycles. The van der Waals surface area contributed by atoms with Crippen molar-refractivity contribution in [2.45, 2.75) is 52.2 Å². The first-order valence-electron chi connectivity index (χ1n) is 9.27. The summed E-state index contributed by atoms with van der Waals surface area (Å²) in [5, 5.41) is 0. The van der Waals surface area contributed by atoms with E-state index in [9.17, 15) is 18.0 Å². The van der Waals surface area contributed by atoms with Crippen molar-refractivity contribution in [1.29, 1.82) is 0 Å². The molecule has 0 aliphatic rings. The second kappa shape index (κ2) is 10.3. The number of hydrogen-bond acceptors (Lipinski definition) is 4. The Bertz CT molecular complexity index is 860. The van der Waals surface area contributed by atoms with Crippen molar-refractivity contribution < 1.29 is 32.2 Å². The second-order valence-electron chi connectivity index (χ2n) is 7.74. The number of para-hydroxylation sites is 1. The van der Waals surface area contributed by atoms with Gasteiger partial charge in [-0.2, -0.15) is 13.2 Å². The fourth-order valence-electron chi connectivity index (χ4n) is 2.65. The molecule has 0 aliphatic carbocycles. The van der Waals surface area contributed by atoms with E-state index in [1.165, 1.54) is 0 Å². The normalized spacial score (nSPS) is 12.0. The maximum atomic E-state index is 12.3. The average molecular weight is 489 g/mol. The molecule has 0 unspecified atom stereocenters. The highest BCUT2D eigenvalue weighted by Crippen LogP contribution is 2.24. The predicted molar refractivity (Wildman–Crippen MR) is 110 cm³/mol. The van der Waals surface area contributed by atoms with E-state index in [2.05, 4.69) is 15.9 Å². The monoisotopic (exact) mass is 488 g/mol. The fourth-order valence-corrected chi connectivity index (χ4v) is 3.24. The van der Waals surface area contributed by atoms with E-state index in [4.69, 9.17) is 14.2 Å². The second-order valence-corrected chi connectivity index (χ2v) is 8.65. The van der Waals surface area contributed by atoms with Gasteiger partial charge in [0, 0.05) is 10.0 Å². The lowest BCUT2D eigenvalue weighted by Gasteiger charge is -2.20. The zero-order chi connectivity index (χ0) is 22.4. The van der Waals surface area contributed by atoms with Crippen LogP contribution in [0.5, 0.6) is 5.75 Å². The van der Waals surface area contributed by atoms with E-state index in [0.717, 1.165) is 5.56 Å². The van der Waals surface area contributed by atoms with Crippen LogP contribution >= 0.6 is 15.9 Å². The van der Waals surface area contributed by atoms with Gasteiger partial charge in [-0.25, -0.2) is 0 Å². The van der Waals surface area contributed by atoms with Gasteiger partial charge < -0.3 is 14.2 Å². The Labute approximate surface area is 182 Å². The van der Waals surface area contributed by atoms with Crippen LogP contribution in [0, 0.1) is 0 Å². The first kappa shape index (κ1) is 24.2. The number of ether oxygens (including phenoxy) is 3. The molecular weight excluding hydrogens is 465 g/mol. The van der Waals surface area contributed by atoms with E-state index >= 15 is 0 Å². The van der Waals surface area contributed by atoms with Crippen molar-refractivity contribution >= 4 is 21.9 Å². The van der Waals surface area contributed by atoms with Gasteiger partial charge in [-0.05, 0) is 50.1 Å². The minimum absolute atomic E-state index is 0.0719. The molecule has 0 saturated heterocycles. The van der Waals surface area contributed by atoms with Crippen molar-refractivity contribution in [2.75, 3.05) is 6.61 Å². The van der Waals surface area contributed by atoms with Gasteiger partial charge in [-0.1, -0.05) is 40.2 Å². The summed E-state index contributed by atoms with van der Waals surface area (Å²) in [5.74, 6) is 0.184. The third kappa shape index (κ3) is 9.17. The van der Waals surface area contributed by atoms with Crippen LogP contribution in [0.3, 0.4) is 0 Å². The molecule has 0 bridgehead atoms. The highest BCUT2D eigenvalue weighted by molar-refractivity contribution is 9.10. The number of rotatable bonds is 8. The molecule has 0 spiro atoms. The van der Waals surface area contributed by atoms with E-state index in [0.29, 0.717) is 21.3 Å². The molecule has 2 aromatic rings. The lowest BCUT2D eigenvalue weighted by molar-refractivity contribution is -0.176. The van der Waals surface area contributed by atoms with Crippen LogP contribution < -0.4 is 4.74 Å². The molecule has 2 aromatic carbocycles. The first-order chi connectivity index (χ1) is 13.9. The maximum Gasteiger partial charge on any atom is 0.411 e. The van der Waals surface area contributed by atoms with Gasteiger partial charge in [-0.3, -0.25) is 4.79 Å². The summed E-state index contributed by atoms with van der Waals surface area (Å²) in [5.41, 5.74) is 1.46. The predicted octanol–water partition coefficient (Wildman–Crippen LogP) is 5.99.